The first kappa shape index (κ1) is 21.0. The van der Waals surface area contributed by atoms with Crippen LogP contribution in [0.15, 0.2) is 49.1 Å². The van der Waals surface area contributed by atoms with Crippen molar-refractivity contribution in [1.82, 2.24) is 30.3 Å². The van der Waals surface area contributed by atoms with Crippen LogP contribution in [0.25, 0.3) is 11.3 Å². The van der Waals surface area contributed by atoms with Gasteiger partial charge in [0.2, 0.25) is 0 Å². The summed E-state index contributed by atoms with van der Waals surface area (Å²) in [5.41, 5.74) is 1.69. The number of aliphatic hydroxyl groups excluding tert-OH is 1. The van der Waals surface area contributed by atoms with Crippen molar-refractivity contribution in [1.29, 1.82) is 0 Å². The van der Waals surface area contributed by atoms with E-state index in [1.807, 2.05) is 6.20 Å². The number of halogens is 1. The molecule has 1 aliphatic rings. The van der Waals surface area contributed by atoms with E-state index in [0.29, 0.717) is 25.1 Å². The Morgan fingerprint density at radius 1 is 1.26 bits per heavy atom. The van der Waals surface area contributed by atoms with Crippen molar-refractivity contribution in [3.63, 3.8) is 0 Å². The number of aromatic nitrogens is 5. The molecule has 9 nitrogen and oxygen atoms in total. The van der Waals surface area contributed by atoms with Crippen molar-refractivity contribution in [2.45, 2.75) is 44.1 Å². The van der Waals surface area contributed by atoms with E-state index < -0.39 is 6.10 Å². The summed E-state index contributed by atoms with van der Waals surface area (Å²) in [6, 6.07) is 5.80. The maximum Gasteiger partial charge on any atom is 0.271 e. The van der Waals surface area contributed by atoms with Crippen LogP contribution in [-0.2, 0) is 11.3 Å². The summed E-state index contributed by atoms with van der Waals surface area (Å²) in [6.45, 7) is 0.396. The van der Waals surface area contributed by atoms with E-state index in [-0.39, 0.29) is 36.2 Å². The highest BCUT2D eigenvalue weighted by Gasteiger charge is 2.32. The van der Waals surface area contributed by atoms with Gasteiger partial charge in [0.25, 0.3) is 5.91 Å². The van der Waals surface area contributed by atoms with Crippen molar-refractivity contribution in [2.24, 2.45) is 0 Å². The van der Waals surface area contributed by atoms with Crippen LogP contribution < -0.4 is 5.32 Å². The molecule has 3 atom stereocenters. The molecule has 1 aromatic carbocycles. The average molecular weight is 426 g/mol. The van der Waals surface area contributed by atoms with E-state index in [1.165, 1.54) is 30.7 Å². The molecule has 2 N–H and O–H groups in total. The lowest BCUT2D eigenvalue weighted by molar-refractivity contribution is -0.0912. The molecule has 0 spiro atoms. The van der Waals surface area contributed by atoms with Gasteiger partial charge in [0, 0.05) is 24.5 Å². The minimum atomic E-state index is -0.495. The van der Waals surface area contributed by atoms with Gasteiger partial charge in [-0.1, -0.05) is 5.21 Å². The highest BCUT2D eigenvalue weighted by atomic mass is 19.1. The van der Waals surface area contributed by atoms with Crippen molar-refractivity contribution in [2.75, 3.05) is 6.61 Å². The second-order valence-electron chi connectivity index (χ2n) is 7.39. The van der Waals surface area contributed by atoms with Gasteiger partial charge in [-0.25, -0.2) is 9.37 Å². The Labute approximate surface area is 178 Å². The van der Waals surface area contributed by atoms with Crippen LogP contribution in [0.4, 0.5) is 4.39 Å². The van der Waals surface area contributed by atoms with Crippen LogP contribution in [0.5, 0.6) is 0 Å². The van der Waals surface area contributed by atoms with E-state index in [4.69, 9.17) is 4.74 Å². The van der Waals surface area contributed by atoms with Crippen LogP contribution >= 0.6 is 0 Å². The van der Waals surface area contributed by atoms with Crippen LogP contribution in [0.3, 0.4) is 0 Å². The molecule has 162 valence electrons. The zero-order chi connectivity index (χ0) is 21.6. The largest absolute Gasteiger partial charge is 0.394 e. The lowest BCUT2D eigenvalue weighted by Crippen LogP contribution is -2.51. The summed E-state index contributed by atoms with van der Waals surface area (Å²) in [6.07, 6.45) is 7.70. The number of nitrogens with zero attached hydrogens (tertiary/aromatic N) is 5. The fraction of sp³-hybridized carbons (Fsp3) is 0.381. The Hall–Kier alpha value is -3.24. The van der Waals surface area contributed by atoms with Crippen molar-refractivity contribution < 1.29 is 19.0 Å². The van der Waals surface area contributed by atoms with Gasteiger partial charge in [0.15, 0.2) is 0 Å². The fourth-order valence-electron chi connectivity index (χ4n) is 3.60. The molecule has 10 heteroatoms. The Bertz CT molecular complexity index is 998. The van der Waals surface area contributed by atoms with Gasteiger partial charge in [-0.2, -0.15) is 0 Å². The molecule has 1 saturated heterocycles. The minimum Gasteiger partial charge on any atom is -0.394 e. The van der Waals surface area contributed by atoms with E-state index in [0.717, 1.165) is 12.0 Å². The molecule has 1 amide bonds. The number of ether oxygens (including phenoxy) is 1. The number of rotatable bonds is 7. The molecular weight excluding hydrogens is 403 g/mol. The fourth-order valence-corrected chi connectivity index (χ4v) is 3.60. The predicted molar refractivity (Wildman–Crippen MR) is 108 cm³/mol. The zero-order valence-corrected chi connectivity index (χ0v) is 16.8. The quantitative estimate of drug-likeness (QED) is 0.590. The topological polar surface area (TPSA) is 115 Å². The average Bonchev–Trinajstić information content (AvgIpc) is 3.28. The standard InChI is InChI=1S/C21H23FN6O3/c22-15-3-1-14(2-4-15)19-12-28(27-26-19)10-7-16-5-6-17(20(13-29)31-16)25-21(30)18-11-23-8-9-24-18/h1-4,8-9,11-12,16-17,20,29H,5-7,10,13H2,(H,25,30)/t16-,17-,20+/m0/s1. The maximum absolute atomic E-state index is 13.1. The number of carbonyl (C=O) groups is 1. The van der Waals surface area contributed by atoms with Gasteiger partial charge in [-0.05, 0) is 43.5 Å². The molecule has 1 aliphatic heterocycles. The van der Waals surface area contributed by atoms with Crippen LogP contribution in [0, 0.1) is 5.82 Å². The highest BCUT2D eigenvalue weighted by molar-refractivity contribution is 5.92. The molecular formula is C21H23FN6O3. The second-order valence-corrected chi connectivity index (χ2v) is 7.39. The summed E-state index contributed by atoms with van der Waals surface area (Å²) < 4.78 is 20.8. The molecule has 3 aromatic rings. The van der Waals surface area contributed by atoms with Gasteiger partial charge in [0.05, 0.1) is 31.1 Å². The third-order valence-electron chi connectivity index (χ3n) is 5.27. The first-order valence-electron chi connectivity index (χ1n) is 10.1. The third kappa shape index (κ3) is 5.28. The van der Waals surface area contributed by atoms with Gasteiger partial charge in [-0.3, -0.25) is 14.5 Å². The number of hydrogen-bond acceptors (Lipinski definition) is 7. The molecule has 1 fully saturated rings. The monoisotopic (exact) mass is 426 g/mol. The zero-order valence-electron chi connectivity index (χ0n) is 16.8. The minimum absolute atomic E-state index is 0.0692. The lowest BCUT2D eigenvalue weighted by atomic mass is 9.97. The third-order valence-corrected chi connectivity index (χ3v) is 5.27. The number of aliphatic hydroxyl groups is 1. The molecule has 0 unspecified atom stereocenters. The van der Waals surface area contributed by atoms with Crippen molar-refractivity contribution >= 4 is 5.91 Å². The molecule has 0 aliphatic carbocycles. The van der Waals surface area contributed by atoms with Gasteiger partial charge in [-0.15, -0.1) is 5.10 Å². The molecule has 31 heavy (non-hydrogen) atoms. The van der Waals surface area contributed by atoms with Gasteiger partial charge < -0.3 is 15.2 Å². The normalized spacial score (nSPS) is 21.0. The second kappa shape index (κ2) is 9.71. The molecule has 2 aromatic heterocycles. The summed E-state index contributed by atoms with van der Waals surface area (Å²) in [5.74, 6) is -0.634. The summed E-state index contributed by atoms with van der Waals surface area (Å²) >= 11 is 0. The Kier molecular flexibility index (Phi) is 6.58. The number of amides is 1. The molecule has 0 radical (unpaired) electrons. The van der Waals surface area contributed by atoms with E-state index in [1.54, 1.807) is 16.8 Å². The van der Waals surface area contributed by atoms with Crippen LogP contribution in [0.2, 0.25) is 0 Å². The first-order valence-corrected chi connectivity index (χ1v) is 10.1. The molecule has 0 saturated carbocycles. The van der Waals surface area contributed by atoms with Crippen molar-refractivity contribution in [3.8, 4) is 11.3 Å². The maximum atomic E-state index is 13.1. The Balaban J connectivity index is 1.29. The number of aryl methyl sites for hydroxylation is 1. The molecule has 4 rings (SSSR count). The highest BCUT2D eigenvalue weighted by Crippen LogP contribution is 2.23. The summed E-state index contributed by atoms with van der Waals surface area (Å²) in [7, 11) is 0. The molecule has 0 bridgehead atoms. The number of carbonyl (C=O) groups excluding carboxylic acids is 1. The first-order chi connectivity index (χ1) is 15.1. The van der Waals surface area contributed by atoms with E-state index in [2.05, 4.69) is 25.6 Å². The van der Waals surface area contributed by atoms with Crippen LogP contribution in [0.1, 0.15) is 29.8 Å². The summed E-state index contributed by atoms with van der Waals surface area (Å²) in [5, 5.41) is 20.9. The van der Waals surface area contributed by atoms with Crippen molar-refractivity contribution in [3.05, 3.63) is 60.6 Å². The van der Waals surface area contributed by atoms with E-state index in [9.17, 15) is 14.3 Å². The number of benzene rings is 1. The SMILES string of the molecule is O=C(N[C@H]1CC[C@@H](CCn2cc(-c3ccc(F)cc3)nn2)O[C@@H]1CO)c1cnccn1. The van der Waals surface area contributed by atoms with Crippen LogP contribution in [-0.4, -0.2) is 60.8 Å². The summed E-state index contributed by atoms with van der Waals surface area (Å²) in [4.78, 5) is 20.2. The predicted octanol–water partition coefficient (Wildman–Crippen LogP) is 1.60. The van der Waals surface area contributed by atoms with Gasteiger partial charge >= 0.3 is 0 Å². The molecule has 3 heterocycles. The van der Waals surface area contributed by atoms with Gasteiger partial charge in [0.1, 0.15) is 23.3 Å². The lowest BCUT2D eigenvalue weighted by Gasteiger charge is -2.36. The Morgan fingerprint density at radius 3 is 2.84 bits per heavy atom. The smallest absolute Gasteiger partial charge is 0.271 e. The number of nitrogens with one attached hydrogen (secondary N) is 1. The number of hydrogen-bond donors (Lipinski definition) is 2. The van der Waals surface area contributed by atoms with E-state index >= 15 is 0 Å². The Morgan fingerprint density at radius 2 is 2.10 bits per heavy atom.